The van der Waals surface area contributed by atoms with Crippen LogP contribution < -0.4 is 10.5 Å². The number of rotatable bonds is 2. The SMILES string of the molecule is Cc1cc(OC(C)(C)C)ccc1-c1nc(N)cnc1C.O=C(O)C(F)(F)F. The molecule has 0 amide bonds. The second kappa shape index (κ2) is 8.24. The maximum Gasteiger partial charge on any atom is 0.490 e. The molecule has 1 aromatic heterocycles. The number of benzene rings is 1. The summed E-state index contributed by atoms with van der Waals surface area (Å²) in [5, 5.41) is 7.12. The fourth-order valence-corrected chi connectivity index (χ4v) is 2.04. The molecule has 1 heterocycles. The van der Waals surface area contributed by atoms with Gasteiger partial charge in [0.15, 0.2) is 0 Å². The van der Waals surface area contributed by atoms with Crippen molar-refractivity contribution in [2.24, 2.45) is 0 Å². The first-order valence-corrected chi connectivity index (χ1v) is 7.90. The highest BCUT2D eigenvalue weighted by atomic mass is 19.4. The molecule has 6 nitrogen and oxygen atoms in total. The number of nitrogens with two attached hydrogens (primary N) is 1. The molecular weight excluding hydrogens is 363 g/mol. The van der Waals surface area contributed by atoms with Crippen LogP contribution in [-0.2, 0) is 4.79 Å². The van der Waals surface area contributed by atoms with Crippen molar-refractivity contribution in [2.45, 2.75) is 46.4 Å². The lowest BCUT2D eigenvalue weighted by molar-refractivity contribution is -0.192. The van der Waals surface area contributed by atoms with Crippen LogP contribution in [0.1, 0.15) is 32.0 Å². The monoisotopic (exact) mass is 385 g/mol. The number of carboxylic acids is 1. The maximum atomic E-state index is 10.6. The van der Waals surface area contributed by atoms with Gasteiger partial charge in [0.1, 0.15) is 17.2 Å². The van der Waals surface area contributed by atoms with Gasteiger partial charge in [-0.25, -0.2) is 9.78 Å². The van der Waals surface area contributed by atoms with Crippen molar-refractivity contribution >= 4 is 11.8 Å². The van der Waals surface area contributed by atoms with Crippen molar-refractivity contribution in [3.05, 3.63) is 35.7 Å². The van der Waals surface area contributed by atoms with Crippen LogP contribution in [0.4, 0.5) is 19.0 Å². The molecule has 2 rings (SSSR count). The summed E-state index contributed by atoms with van der Waals surface area (Å²) < 4.78 is 37.6. The van der Waals surface area contributed by atoms with E-state index in [0.717, 1.165) is 28.3 Å². The number of carbonyl (C=O) groups is 1. The third-order valence-corrected chi connectivity index (χ3v) is 3.09. The number of hydrogen-bond donors (Lipinski definition) is 2. The fourth-order valence-electron chi connectivity index (χ4n) is 2.04. The lowest BCUT2D eigenvalue weighted by Crippen LogP contribution is -2.22. The average molecular weight is 385 g/mol. The quantitative estimate of drug-likeness (QED) is 0.806. The molecule has 27 heavy (non-hydrogen) atoms. The third kappa shape index (κ3) is 7.12. The Morgan fingerprint density at radius 3 is 2.19 bits per heavy atom. The Balaban J connectivity index is 0.000000445. The van der Waals surface area contributed by atoms with Gasteiger partial charge in [-0.2, -0.15) is 13.2 Å². The van der Waals surface area contributed by atoms with Gasteiger partial charge < -0.3 is 15.6 Å². The lowest BCUT2D eigenvalue weighted by Gasteiger charge is -2.22. The van der Waals surface area contributed by atoms with Crippen LogP contribution in [0.15, 0.2) is 24.4 Å². The summed E-state index contributed by atoms with van der Waals surface area (Å²) in [6.07, 6.45) is -3.51. The molecule has 0 atom stereocenters. The first kappa shape index (κ1) is 22.2. The number of carboxylic acid groups (broad SMARTS) is 1. The van der Waals surface area contributed by atoms with Gasteiger partial charge in [-0.15, -0.1) is 0 Å². The van der Waals surface area contributed by atoms with Crippen LogP contribution in [0, 0.1) is 13.8 Å². The molecule has 0 fully saturated rings. The number of nitrogen functional groups attached to an aromatic ring is 1. The molecule has 3 N–H and O–H groups in total. The number of alkyl halides is 3. The second-order valence-corrected chi connectivity index (χ2v) is 6.72. The van der Waals surface area contributed by atoms with E-state index in [9.17, 15) is 13.2 Å². The number of nitrogens with zero attached hydrogens (tertiary/aromatic N) is 2. The van der Waals surface area contributed by atoms with Gasteiger partial charge in [0.25, 0.3) is 0 Å². The van der Waals surface area contributed by atoms with Crippen molar-refractivity contribution in [1.29, 1.82) is 0 Å². The number of aliphatic carboxylic acids is 1. The van der Waals surface area contributed by atoms with Gasteiger partial charge >= 0.3 is 12.1 Å². The molecule has 0 spiro atoms. The van der Waals surface area contributed by atoms with Crippen LogP contribution in [0.3, 0.4) is 0 Å². The summed E-state index contributed by atoms with van der Waals surface area (Å²) in [5.41, 5.74) is 9.34. The third-order valence-electron chi connectivity index (χ3n) is 3.09. The molecule has 0 aliphatic heterocycles. The predicted molar refractivity (Wildman–Crippen MR) is 95.4 cm³/mol. The van der Waals surface area contributed by atoms with Crippen molar-refractivity contribution in [1.82, 2.24) is 9.97 Å². The second-order valence-electron chi connectivity index (χ2n) is 6.72. The maximum absolute atomic E-state index is 10.6. The molecule has 9 heteroatoms. The highest BCUT2D eigenvalue weighted by molar-refractivity contribution is 5.73. The molecule has 0 bridgehead atoms. The largest absolute Gasteiger partial charge is 0.490 e. The molecule has 0 radical (unpaired) electrons. The topological polar surface area (TPSA) is 98.3 Å². The van der Waals surface area contributed by atoms with Crippen molar-refractivity contribution in [3.63, 3.8) is 0 Å². The molecule has 0 saturated heterocycles. The Morgan fingerprint density at radius 1 is 1.19 bits per heavy atom. The van der Waals surface area contributed by atoms with Crippen LogP contribution in [-0.4, -0.2) is 32.8 Å². The van der Waals surface area contributed by atoms with Gasteiger partial charge in [0, 0.05) is 5.56 Å². The van der Waals surface area contributed by atoms with Crippen molar-refractivity contribution in [2.75, 3.05) is 5.73 Å². The lowest BCUT2D eigenvalue weighted by atomic mass is 10.0. The van der Waals surface area contributed by atoms with Crippen LogP contribution in [0.5, 0.6) is 5.75 Å². The number of hydrogen-bond acceptors (Lipinski definition) is 5. The number of halogens is 3. The summed E-state index contributed by atoms with van der Waals surface area (Å²) in [4.78, 5) is 17.5. The summed E-state index contributed by atoms with van der Waals surface area (Å²) in [6, 6.07) is 5.98. The van der Waals surface area contributed by atoms with Crippen LogP contribution in [0.25, 0.3) is 11.3 Å². The van der Waals surface area contributed by atoms with Crippen LogP contribution >= 0.6 is 0 Å². The molecular formula is C18H22F3N3O3. The fraction of sp³-hybridized carbons (Fsp3) is 0.389. The predicted octanol–water partition coefficient (Wildman–Crippen LogP) is 4.15. The number of anilines is 1. The van der Waals surface area contributed by atoms with Gasteiger partial charge in [-0.1, -0.05) is 0 Å². The van der Waals surface area contributed by atoms with Gasteiger partial charge in [0.05, 0.1) is 17.6 Å². The Hall–Kier alpha value is -2.84. The highest BCUT2D eigenvalue weighted by Gasteiger charge is 2.38. The van der Waals surface area contributed by atoms with Gasteiger partial charge in [-0.05, 0) is 58.4 Å². The molecule has 0 saturated carbocycles. The Bertz CT molecular complexity index is 816. The van der Waals surface area contributed by atoms with Gasteiger partial charge in [0.2, 0.25) is 0 Å². The average Bonchev–Trinajstić information content (AvgIpc) is 2.48. The molecule has 148 valence electrons. The Morgan fingerprint density at radius 2 is 1.74 bits per heavy atom. The van der Waals surface area contributed by atoms with E-state index < -0.39 is 12.1 Å². The van der Waals surface area contributed by atoms with E-state index in [4.69, 9.17) is 20.4 Å². The molecule has 0 aliphatic carbocycles. The zero-order valence-electron chi connectivity index (χ0n) is 15.7. The Kier molecular flexibility index (Phi) is 6.77. The van der Waals surface area contributed by atoms with Crippen LogP contribution in [0.2, 0.25) is 0 Å². The van der Waals surface area contributed by atoms with E-state index in [1.807, 2.05) is 52.8 Å². The normalized spacial score (nSPS) is 11.4. The molecule has 1 aromatic carbocycles. The number of aryl methyl sites for hydroxylation is 2. The van der Waals surface area contributed by atoms with E-state index in [0.29, 0.717) is 5.82 Å². The zero-order valence-corrected chi connectivity index (χ0v) is 15.7. The van der Waals surface area contributed by atoms with E-state index in [-0.39, 0.29) is 5.60 Å². The van der Waals surface area contributed by atoms with Gasteiger partial charge in [-0.3, -0.25) is 4.98 Å². The van der Waals surface area contributed by atoms with E-state index in [2.05, 4.69) is 9.97 Å². The minimum absolute atomic E-state index is 0.207. The summed E-state index contributed by atoms with van der Waals surface area (Å²) in [7, 11) is 0. The van der Waals surface area contributed by atoms with Crippen molar-refractivity contribution < 1.29 is 27.8 Å². The van der Waals surface area contributed by atoms with E-state index >= 15 is 0 Å². The summed E-state index contributed by atoms with van der Waals surface area (Å²) in [6.45, 7) is 10.1. The standard InChI is InChI=1S/C16H21N3O.C2HF3O2/c1-10-8-12(20-16(3,4)5)6-7-13(10)15-11(2)18-9-14(17)19-15;3-2(4,5)1(6)7/h6-9H,1-5H3,(H2,17,19);(H,6,7). The van der Waals surface area contributed by atoms with Crippen molar-refractivity contribution in [3.8, 4) is 17.0 Å². The minimum atomic E-state index is -5.08. The summed E-state index contributed by atoms with van der Waals surface area (Å²) >= 11 is 0. The number of ether oxygens (including phenoxy) is 1. The molecule has 2 aromatic rings. The molecule has 0 aliphatic rings. The highest BCUT2D eigenvalue weighted by Crippen LogP contribution is 2.29. The van der Waals surface area contributed by atoms with E-state index in [1.165, 1.54) is 0 Å². The first-order valence-electron chi connectivity index (χ1n) is 7.90. The molecule has 0 unspecified atom stereocenters. The minimum Gasteiger partial charge on any atom is -0.488 e. The first-order chi connectivity index (χ1) is 12.2. The van der Waals surface area contributed by atoms with E-state index in [1.54, 1.807) is 6.20 Å². The smallest absolute Gasteiger partial charge is 0.488 e. The summed E-state index contributed by atoms with van der Waals surface area (Å²) in [5.74, 6) is -1.47. The number of aromatic nitrogens is 2. The Labute approximate surface area is 155 Å². The zero-order chi connectivity index (χ0) is 21.0.